The van der Waals surface area contributed by atoms with Crippen LogP contribution in [0.1, 0.15) is 5.56 Å². The highest BCUT2D eigenvalue weighted by Gasteiger charge is 2.44. The summed E-state index contributed by atoms with van der Waals surface area (Å²) in [6.45, 7) is 0.238. The molecule has 0 spiro atoms. The number of aliphatic carboxylic acids is 1. The quantitative estimate of drug-likeness (QED) is 0.552. The molecule has 0 radical (unpaired) electrons. The van der Waals surface area contributed by atoms with E-state index in [0.29, 0.717) is 0 Å². The number of carboxylic acid groups (broad SMARTS) is 1. The maximum atomic E-state index is 11.3. The van der Waals surface area contributed by atoms with Gasteiger partial charge in [0.1, 0.15) is 9.98 Å². The van der Waals surface area contributed by atoms with E-state index < -0.39 is 11.5 Å². The number of carboxylic acids is 1. The summed E-state index contributed by atoms with van der Waals surface area (Å²) in [6.07, 6.45) is 0. The lowest BCUT2D eigenvalue weighted by Gasteiger charge is -2.28. The molecule has 7 heteroatoms. The number of rotatable bonds is 6. The molecular weight excluding hydrogens is 270 g/mol. The van der Waals surface area contributed by atoms with Crippen molar-refractivity contribution < 1.29 is 9.90 Å². The van der Waals surface area contributed by atoms with Crippen LogP contribution in [0.2, 0.25) is 0 Å². The van der Waals surface area contributed by atoms with Gasteiger partial charge in [-0.15, -0.1) is 0 Å². The number of nitrogens with one attached hydrogen (secondary N) is 1. The fourth-order valence-corrected chi connectivity index (χ4v) is 2.02. The summed E-state index contributed by atoms with van der Waals surface area (Å²) < 4.78 is 0. The molecule has 0 aromatic heterocycles. The Labute approximate surface area is 115 Å². The zero-order valence-corrected chi connectivity index (χ0v) is 11.1. The first kappa shape index (κ1) is 14.5. The molecule has 1 aromatic carbocycles. The predicted molar refractivity (Wildman–Crippen MR) is 77.2 cm³/mol. The number of benzene rings is 1. The van der Waals surface area contributed by atoms with Crippen molar-refractivity contribution in [3.63, 3.8) is 0 Å². The highest BCUT2D eigenvalue weighted by Crippen LogP contribution is 2.09. The molecule has 0 heterocycles. The van der Waals surface area contributed by atoms with Gasteiger partial charge < -0.3 is 16.6 Å². The second-order valence-electron chi connectivity index (χ2n) is 3.62. The average molecular weight is 283 g/mol. The highest BCUT2D eigenvalue weighted by molar-refractivity contribution is 7.82. The summed E-state index contributed by atoms with van der Waals surface area (Å²) in [5.41, 5.74) is 9.93. The lowest BCUT2D eigenvalue weighted by atomic mass is 9.99. The molecule has 18 heavy (non-hydrogen) atoms. The Morgan fingerprint density at radius 3 is 2.11 bits per heavy atom. The minimum atomic E-state index is -1.86. The molecule has 0 aliphatic rings. The van der Waals surface area contributed by atoms with Crippen LogP contribution >= 0.6 is 24.4 Å². The molecule has 1 rings (SSSR count). The molecule has 96 valence electrons. The Bertz CT molecular complexity index is 440. The van der Waals surface area contributed by atoms with E-state index in [2.05, 4.69) is 5.32 Å². The Kier molecular flexibility index (Phi) is 4.71. The van der Waals surface area contributed by atoms with Crippen molar-refractivity contribution >= 4 is 40.4 Å². The van der Waals surface area contributed by atoms with Gasteiger partial charge in [-0.3, -0.25) is 5.32 Å². The first-order chi connectivity index (χ1) is 8.41. The normalized spacial score (nSPS) is 10.9. The van der Waals surface area contributed by atoms with Crippen molar-refractivity contribution in [2.24, 2.45) is 11.5 Å². The zero-order valence-electron chi connectivity index (χ0n) is 9.42. The summed E-state index contributed by atoms with van der Waals surface area (Å²) in [5, 5.41) is 12.0. The van der Waals surface area contributed by atoms with Gasteiger partial charge in [0.25, 0.3) is 0 Å². The van der Waals surface area contributed by atoms with Crippen molar-refractivity contribution in [3.8, 4) is 0 Å². The Hall–Kier alpha value is -1.57. The SMILES string of the molecule is NC(=S)C(NCc1ccccc1)(C(=O)O)C(N)=S. The molecule has 0 aliphatic heterocycles. The van der Waals surface area contributed by atoms with Crippen LogP contribution in [0.25, 0.3) is 0 Å². The molecule has 6 N–H and O–H groups in total. The van der Waals surface area contributed by atoms with Crippen LogP contribution in [-0.4, -0.2) is 26.6 Å². The van der Waals surface area contributed by atoms with E-state index in [1.807, 2.05) is 30.3 Å². The lowest BCUT2D eigenvalue weighted by Crippen LogP contribution is -2.66. The van der Waals surface area contributed by atoms with Crippen molar-refractivity contribution in [3.05, 3.63) is 35.9 Å². The van der Waals surface area contributed by atoms with Crippen LogP contribution in [0.15, 0.2) is 30.3 Å². The predicted octanol–water partition coefficient (Wildman–Crippen LogP) is 0.172. The molecule has 0 fully saturated rings. The maximum absolute atomic E-state index is 11.3. The zero-order chi connectivity index (χ0) is 13.8. The van der Waals surface area contributed by atoms with Gasteiger partial charge in [-0.05, 0) is 5.56 Å². The second kappa shape index (κ2) is 5.85. The van der Waals surface area contributed by atoms with E-state index in [4.69, 9.17) is 35.9 Å². The molecule has 5 nitrogen and oxygen atoms in total. The first-order valence-electron chi connectivity index (χ1n) is 5.03. The van der Waals surface area contributed by atoms with Crippen LogP contribution in [0.4, 0.5) is 0 Å². The van der Waals surface area contributed by atoms with Gasteiger partial charge in [-0.2, -0.15) is 0 Å². The molecular formula is C11H13N3O2S2. The third-order valence-corrected chi connectivity index (χ3v) is 3.07. The van der Waals surface area contributed by atoms with Crippen LogP contribution in [0, 0.1) is 0 Å². The van der Waals surface area contributed by atoms with Crippen LogP contribution in [-0.2, 0) is 11.3 Å². The molecule has 1 aromatic rings. The first-order valence-corrected chi connectivity index (χ1v) is 5.85. The molecule has 0 saturated carbocycles. The van der Waals surface area contributed by atoms with Crippen molar-refractivity contribution in [1.82, 2.24) is 5.32 Å². The monoisotopic (exact) mass is 283 g/mol. The summed E-state index contributed by atoms with van der Waals surface area (Å²) >= 11 is 9.53. The third kappa shape index (κ3) is 2.81. The average Bonchev–Trinajstić information content (AvgIpc) is 2.29. The number of nitrogens with two attached hydrogens (primary N) is 2. The number of carbonyl (C=O) groups is 1. The smallest absolute Gasteiger partial charge is 0.338 e. The summed E-state index contributed by atoms with van der Waals surface area (Å²) in [6, 6.07) is 9.19. The standard InChI is InChI=1S/C11H13N3O2S2/c12-8(17)11(9(13)18,10(15)16)14-6-7-4-2-1-3-5-7/h1-5,14H,6H2,(H2,12,17)(H2,13,18)(H,15,16). The number of hydrogen-bond donors (Lipinski definition) is 4. The van der Waals surface area contributed by atoms with E-state index in [1.54, 1.807) is 0 Å². The number of hydrogen-bond acceptors (Lipinski definition) is 4. The molecule has 0 bridgehead atoms. The van der Waals surface area contributed by atoms with Gasteiger partial charge in [-0.25, -0.2) is 4.79 Å². The molecule has 0 aliphatic carbocycles. The molecule has 0 atom stereocenters. The van der Waals surface area contributed by atoms with E-state index in [9.17, 15) is 9.90 Å². The van der Waals surface area contributed by atoms with Crippen molar-refractivity contribution in [2.75, 3.05) is 0 Å². The van der Waals surface area contributed by atoms with Gasteiger partial charge in [-0.1, -0.05) is 54.8 Å². The molecule has 0 saturated heterocycles. The summed E-state index contributed by atoms with van der Waals surface area (Å²) in [5.74, 6) is -1.31. The van der Waals surface area contributed by atoms with Crippen molar-refractivity contribution in [1.29, 1.82) is 0 Å². The summed E-state index contributed by atoms with van der Waals surface area (Å²) in [4.78, 5) is 10.7. The third-order valence-electron chi connectivity index (χ3n) is 2.46. The minimum Gasteiger partial charge on any atom is -0.479 e. The fourth-order valence-electron chi connectivity index (χ4n) is 1.41. The van der Waals surface area contributed by atoms with Crippen LogP contribution in [0.3, 0.4) is 0 Å². The Balaban J connectivity index is 2.96. The summed E-state index contributed by atoms with van der Waals surface area (Å²) in [7, 11) is 0. The van der Waals surface area contributed by atoms with Gasteiger partial charge in [0.15, 0.2) is 0 Å². The maximum Gasteiger partial charge on any atom is 0.338 e. The van der Waals surface area contributed by atoms with E-state index >= 15 is 0 Å². The van der Waals surface area contributed by atoms with E-state index in [0.717, 1.165) is 5.56 Å². The van der Waals surface area contributed by atoms with E-state index in [-0.39, 0.29) is 16.5 Å². The van der Waals surface area contributed by atoms with E-state index in [1.165, 1.54) is 0 Å². The van der Waals surface area contributed by atoms with Gasteiger partial charge >= 0.3 is 5.97 Å². The molecule has 0 amide bonds. The van der Waals surface area contributed by atoms with Gasteiger partial charge in [0.2, 0.25) is 5.54 Å². The Morgan fingerprint density at radius 1 is 1.22 bits per heavy atom. The minimum absolute atomic E-state index is 0.238. The van der Waals surface area contributed by atoms with Crippen molar-refractivity contribution in [2.45, 2.75) is 12.1 Å². The fraction of sp³-hybridized carbons (Fsp3) is 0.182. The second-order valence-corrected chi connectivity index (χ2v) is 4.50. The molecule has 0 unspecified atom stereocenters. The van der Waals surface area contributed by atoms with Crippen LogP contribution in [0.5, 0.6) is 0 Å². The Morgan fingerprint density at radius 2 is 1.72 bits per heavy atom. The number of thiocarbonyl (C=S) groups is 2. The largest absolute Gasteiger partial charge is 0.479 e. The van der Waals surface area contributed by atoms with Gasteiger partial charge in [0, 0.05) is 6.54 Å². The lowest BCUT2D eigenvalue weighted by molar-refractivity contribution is -0.139. The highest BCUT2D eigenvalue weighted by atomic mass is 32.1. The van der Waals surface area contributed by atoms with Gasteiger partial charge in [0.05, 0.1) is 0 Å². The topological polar surface area (TPSA) is 101 Å². The van der Waals surface area contributed by atoms with Crippen LogP contribution < -0.4 is 16.8 Å².